The molecule has 0 fully saturated rings. The highest BCUT2D eigenvalue weighted by atomic mass is 16.3. The lowest BCUT2D eigenvalue weighted by Gasteiger charge is -2.27. The number of hydrogen-bond acceptors (Lipinski definition) is 8. The number of nitrogens with zero attached hydrogens (tertiary/aromatic N) is 4. The second-order valence-electron chi connectivity index (χ2n) is 9.98. The van der Waals surface area contributed by atoms with Gasteiger partial charge in [-0.25, -0.2) is 0 Å². The normalized spacial score (nSPS) is 16.6. The quantitative estimate of drug-likeness (QED) is 0.373. The molecule has 2 aliphatic heterocycles. The van der Waals surface area contributed by atoms with E-state index in [1.807, 2.05) is 23.9 Å². The van der Waals surface area contributed by atoms with Crippen molar-refractivity contribution in [2.24, 2.45) is 0 Å². The van der Waals surface area contributed by atoms with Gasteiger partial charge in [0, 0.05) is 26.2 Å². The van der Waals surface area contributed by atoms with Gasteiger partial charge < -0.3 is 20.0 Å². The predicted molar refractivity (Wildman–Crippen MR) is 140 cm³/mol. The first-order valence-corrected chi connectivity index (χ1v) is 12.8. The number of carbonyl (C=O) groups excluding carboxylic acids is 4. The molecule has 0 aromatic heterocycles. The third kappa shape index (κ3) is 5.83. The Bertz CT molecular complexity index is 1050. The van der Waals surface area contributed by atoms with Crippen molar-refractivity contribution in [2.75, 3.05) is 53.4 Å². The van der Waals surface area contributed by atoms with E-state index in [0.717, 1.165) is 0 Å². The van der Waals surface area contributed by atoms with E-state index in [0.29, 0.717) is 48.2 Å². The van der Waals surface area contributed by atoms with Gasteiger partial charge in [0.1, 0.15) is 0 Å². The van der Waals surface area contributed by atoms with Crippen molar-refractivity contribution in [3.8, 4) is 0 Å². The minimum atomic E-state index is -0.988. The van der Waals surface area contributed by atoms with Gasteiger partial charge in [0.15, 0.2) is 0 Å². The average molecular weight is 523 g/mol. The Balaban J connectivity index is 1.13. The van der Waals surface area contributed by atoms with Crippen molar-refractivity contribution in [1.82, 2.24) is 19.6 Å². The predicted octanol–water partition coefficient (Wildman–Crippen LogP) is 0.944. The Morgan fingerprint density at radius 2 is 0.895 bits per heavy atom. The van der Waals surface area contributed by atoms with Gasteiger partial charge in [-0.3, -0.25) is 29.0 Å². The van der Waals surface area contributed by atoms with Crippen molar-refractivity contribution in [3.63, 3.8) is 0 Å². The summed E-state index contributed by atoms with van der Waals surface area (Å²) in [5.74, 6) is -1.13. The molecule has 2 aliphatic rings. The van der Waals surface area contributed by atoms with Gasteiger partial charge in [0.25, 0.3) is 23.6 Å². The van der Waals surface area contributed by atoms with E-state index in [-0.39, 0.29) is 49.8 Å². The molecule has 0 bridgehead atoms. The number of aliphatic hydroxyl groups is 2. The van der Waals surface area contributed by atoms with Gasteiger partial charge in [-0.2, -0.15) is 0 Å². The van der Waals surface area contributed by atoms with Crippen LogP contribution >= 0.6 is 0 Å². The highest BCUT2D eigenvalue weighted by Crippen LogP contribution is 2.23. The summed E-state index contributed by atoms with van der Waals surface area (Å²) >= 11 is 0. The molecular formula is C28H34N4O6. The van der Waals surface area contributed by atoms with Crippen molar-refractivity contribution in [2.45, 2.75) is 25.0 Å². The molecule has 2 heterocycles. The molecule has 10 heteroatoms. The molecule has 4 amide bonds. The van der Waals surface area contributed by atoms with Crippen LogP contribution in [0.5, 0.6) is 0 Å². The highest BCUT2D eigenvalue weighted by molar-refractivity contribution is 6.22. The van der Waals surface area contributed by atoms with E-state index in [9.17, 15) is 29.4 Å². The third-order valence-corrected chi connectivity index (χ3v) is 7.04. The molecule has 0 spiro atoms. The maximum absolute atomic E-state index is 12.5. The van der Waals surface area contributed by atoms with Crippen molar-refractivity contribution in [3.05, 3.63) is 70.8 Å². The van der Waals surface area contributed by atoms with Gasteiger partial charge >= 0.3 is 0 Å². The molecule has 2 unspecified atom stereocenters. The number of benzene rings is 2. The molecule has 0 radical (unpaired) electrons. The fraction of sp³-hybridized carbons (Fsp3) is 0.429. The van der Waals surface area contributed by atoms with Crippen LogP contribution in [0.1, 0.15) is 54.3 Å². The Kier molecular flexibility index (Phi) is 8.68. The third-order valence-electron chi connectivity index (χ3n) is 7.04. The summed E-state index contributed by atoms with van der Waals surface area (Å²) in [4.78, 5) is 56.1. The first-order chi connectivity index (χ1) is 18.2. The zero-order chi connectivity index (χ0) is 27.4. The number of fused-ring (bicyclic) bond motifs is 2. The highest BCUT2D eigenvalue weighted by Gasteiger charge is 2.35. The molecule has 0 aliphatic carbocycles. The number of rotatable bonds is 13. The van der Waals surface area contributed by atoms with E-state index < -0.39 is 12.2 Å². The van der Waals surface area contributed by atoms with Gasteiger partial charge in [-0.05, 0) is 64.3 Å². The van der Waals surface area contributed by atoms with Crippen LogP contribution in [0, 0.1) is 0 Å². The summed E-state index contributed by atoms with van der Waals surface area (Å²) in [5, 5.41) is 21.0. The number of likely N-dealkylation sites (N-methyl/N-ethyl adjacent to an activating group) is 2. The van der Waals surface area contributed by atoms with Crippen LogP contribution in [0.15, 0.2) is 48.5 Å². The van der Waals surface area contributed by atoms with Crippen LogP contribution in [0.3, 0.4) is 0 Å². The summed E-state index contributed by atoms with van der Waals surface area (Å²) in [6.45, 7) is 2.09. The van der Waals surface area contributed by atoms with Gasteiger partial charge in [0.05, 0.1) is 34.5 Å². The standard InChI is InChI=1S/C28H34N4O6/c1-29(13-7-15-31-25(35)19-9-3-4-10-20(19)26(31)36)17-23(33)24(34)18-30(2)14-8-16-32-27(37)21-11-5-6-12-22(21)28(32)38/h3-6,9-12,23-24,33-34H,7-8,13-18H2,1-2H3. The fourth-order valence-electron chi connectivity index (χ4n) is 4.95. The lowest BCUT2D eigenvalue weighted by Crippen LogP contribution is -2.44. The second-order valence-corrected chi connectivity index (χ2v) is 9.98. The van der Waals surface area contributed by atoms with Crippen LogP contribution in [0.2, 0.25) is 0 Å². The lowest BCUT2D eigenvalue weighted by atomic mass is 10.1. The van der Waals surface area contributed by atoms with E-state index in [1.165, 1.54) is 9.80 Å². The van der Waals surface area contributed by atoms with Crippen molar-refractivity contribution < 1.29 is 29.4 Å². The summed E-state index contributed by atoms with van der Waals surface area (Å²) in [6, 6.07) is 13.6. The summed E-state index contributed by atoms with van der Waals surface area (Å²) < 4.78 is 0. The van der Waals surface area contributed by atoms with Crippen LogP contribution in [0.4, 0.5) is 0 Å². The molecule has 10 nitrogen and oxygen atoms in total. The fourth-order valence-corrected chi connectivity index (χ4v) is 4.95. The number of hydrogen-bond donors (Lipinski definition) is 2. The van der Waals surface area contributed by atoms with Gasteiger partial charge in [0.2, 0.25) is 0 Å². The first kappa shape index (κ1) is 27.6. The molecule has 2 aromatic rings. The number of carbonyl (C=O) groups is 4. The molecule has 4 rings (SSSR count). The zero-order valence-electron chi connectivity index (χ0n) is 21.7. The van der Waals surface area contributed by atoms with Crippen molar-refractivity contribution in [1.29, 1.82) is 0 Å². The molecule has 0 saturated carbocycles. The molecule has 2 aromatic carbocycles. The summed E-state index contributed by atoms with van der Waals surface area (Å²) in [6.07, 6.45) is -0.888. The maximum atomic E-state index is 12.5. The van der Waals surface area contributed by atoms with E-state index in [4.69, 9.17) is 0 Å². The molecule has 38 heavy (non-hydrogen) atoms. The maximum Gasteiger partial charge on any atom is 0.261 e. The summed E-state index contributed by atoms with van der Waals surface area (Å²) in [5.41, 5.74) is 1.71. The zero-order valence-corrected chi connectivity index (χ0v) is 21.7. The van der Waals surface area contributed by atoms with Gasteiger partial charge in [-0.15, -0.1) is 0 Å². The van der Waals surface area contributed by atoms with Crippen LogP contribution in [-0.4, -0.2) is 119 Å². The minimum absolute atomic E-state index is 0.228. The van der Waals surface area contributed by atoms with Crippen LogP contribution < -0.4 is 0 Å². The smallest absolute Gasteiger partial charge is 0.261 e. The summed E-state index contributed by atoms with van der Waals surface area (Å²) in [7, 11) is 3.62. The average Bonchev–Trinajstić information content (AvgIpc) is 3.29. The van der Waals surface area contributed by atoms with Crippen LogP contribution in [0.25, 0.3) is 0 Å². The molecule has 2 N–H and O–H groups in total. The SMILES string of the molecule is CN(CCCN1C(=O)c2ccccc2C1=O)CC(O)C(O)CN(C)CCCN1C(=O)c2ccccc2C1=O. The number of imide groups is 2. The molecule has 202 valence electrons. The Labute approximate surface area is 222 Å². The van der Waals surface area contributed by atoms with Crippen LogP contribution in [-0.2, 0) is 0 Å². The number of amides is 4. The molecular weight excluding hydrogens is 488 g/mol. The largest absolute Gasteiger partial charge is 0.389 e. The first-order valence-electron chi connectivity index (χ1n) is 12.8. The Morgan fingerprint density at radius 3 is 1.18 bits per heavy atom. The second kappa shape index (κ2) is 12.0. The monoisotopic (exact) mass is 522 g/mol. The Morgan fingerprint density at radius 1 is 0.605 bits per heavy atom. The topological polar surface area (TPSA) is 122 Å². The molecule has 2 atom stereocenters. The van der Waals surface area contributed by atoms with Crippen molar-refractivity contribution >= 4 is 23.6 Å². The number of aliphatic hydroxyl groups excluding tert-OH is 2. The Hall–Kier alpha value is -3.44. The molecule has 0 saturated heterocycles. The van der Waals surface area contributed by atoms with Gasteiger partial charge in [-0.1, -0.05) is 24.3 Å². The van der Waals surface area contributed by atoms with E-state index in [1.54, 1.807) is 48.5 Å². The minimum Gasteiger partial charge on any atom is -0.389 e. The van der Waals surface area contributed by atoms with E-state index in [2.05, 4.69) is 0 Å². The van der Waals surface area contributed by atoms with E-state index >= 15 is 0 Å². The lowest BCUT2D eigenvalue weighted by molar-refractivity contribution is -0.0132.